The van der Waals surface area contributed by atoms with Crippen molar-refractivity contribution in [1.82, 2.24) is 5.32 Å². The lowest BCUT2D eigenvalue weighted by Crippen LogP contribution is -2.20. The molecule has 0 bridgehead atoms. The van der Waals surface area contributed by atoms with E-state index in [1.807, 2.05) is 0 Å². The molecule has 2 N–H and O–H groups in total. The number of benzene rings is 2. The maximum atomic E-state index is 12.7. The Morgan fingerprint density at radius 1 is 1.15 bits per heavy atom. The van der Waals surface area contributed by atoms with Gasteiger partial charge in [-0.25, -0.2) is 4.39 Å². The van der Waals surface area contributed by atoms with E-state index in [0.29, 0.717) is 5.56 Å². The summed E-state index contributed by atoms with van der Waals surface area (Å²) in [6.07, 6.45) is 2.97. The molecule has 3 nitrogen and oxygen atoms in total. The van der Waals surface area contributed by atoms with Gasteiger partial charge in [0, 0.05) is 18.2 Å². The molecule has 0 aromatic heterocycles. The number of halogens is 1. The molecule has 2 rings (SSSR count). The number of amides is 1. The van der Waals surface area contributed by atoms with Gasteiger partial charge in [-0.1, -0.05) is 30.3 Å². The SMILES string of the molecule is O=C(/C=C/c1ccc(F)cc1)NCc1ccccc1O. The fraction of sp³-hybridized carbons (Fsp3) is 0.0625. The molecule has 0 fully saturated rings. The van der Waals surface area contributed by atoms with Crippen LogP contribution in [0.4, 0.5) is 4.39 Å². The molecule has 0 aliphatic heterocycles. The number of aromatic hydroxyl groups is 1. The van der Waals surface area contributed by atoms with Crippen molar-refractivity contribution in [3.05, 3.63) is 71.6 Å². The highest BCUT2D eigenvalue weighted by Gasteiger charge is 2.01. The zero-order chi connectivity index (χ0) is 14.4. The highest BCUT2D eigenvalue weighted by molar-refractivity contribution is 5.91. The first-order valence-corrected chi connectivity index (χ1v) is 6.13. The minimum Gasteiger partial charge on any atom is -0.508 e. The molecule has 102 valence electrons. The number of carbonyl (C=O) groups excluding carboxylic acids is 1. The van der Waals surface area contributed by atoms with Crippen molar-refractivity contribution in [2.24, 2.45) is 0 Å². The van der Waals surface area contributed by atoms with Gasteiger partial charge in [0.1, 0.15) is 11.6 Å². The summed E-state index contributed by atoms with van der Waals surface area (Å²) >= 11 is 0. The number of para-hydroxylation sites is 1. The molecule has 0 unspecified atom stereocenters. The lowest BCUT2D eigenvalue weighted by atomic mass is 10.2. The Morgan fingerprint density at radius 2 is 1.85 bits per heavy atom. The topological polar surface area (TPSA) is 49.3 Å². The van der Waals surface area contributed by atoms with Crippen LogP contribution in [0, 0.1) is 5.82 Å². The summed E-state index contributed by atoms with van der Waals surface area (Å²) in [5, 5.41) is 12.2. The molecule has 1 amide bonds. The Kier molecular flexibility index (Phi) is 4.50. The third-order valence-electron chi connectivity index (χ3n) is 2.74. The van der Waals surface area contributed by atoms with Gasteiger partial charge < -0.3 is 10.4 Å². The van der Waals surface area contributed by atoms with E-state index in [-0.39, 0.29) is 24.0 Å². The number of hydrogen-bond donors (Lipinski definition) is 2. The second kappa shape index (κ2) is 6.52. The predicted molar refractivity (Wildman–Crippen MR) is 75.4 cm³/mol. The summed E-state index contributed by atoms with van der Waals surface area (Å²) in [5.41, 5.74) is 1.39. The Hall–Kier alpha value is -2.62. The smallest absolute Gasteiger partial charge is 0.244 e. The van der Waals surface area contributed by atoms with Crippen LogP contribution < -0.4 is 5.32 Å². The van der Waals surface area contributed by atoms with Gasteiger partial charge in [-0.05, 0) is 29.8 Å². The summed E-state index contributed by atoms with van der Waals surface area (Å²) in [6, 6.07) is 12.6. The van der Waals surface area contributed by atoms with Crippen molar-refractivity contribution in [3.63, 3.8) is 0 Å². The largest absolute Gasteiger partial charge is 0.508 e. The quantitative estimate of drug-likeness (QED) is 0.840. The van der Waals surface area contributed by atoms with E-state index >= 15 is 0 Å². The molecule has 0 aliphatic rings. The van der Waals surface area contributed by atoms with E-state index in [1.54, 1.807) is 42.5 Å². The van der Waals surface area contributed by atoms with Crippen LogP contribution in [0.2, 0.25) is 0 Å². The van der Waals surface area contributed by atoms with E-state index in [2.05, 4.69) is 5.32 Å². The van der Waals surface area contributed by atoms with Crippen LogP contribution >= 0.6 is 0 Å². The average molecular weight is 271 g/mol. The molecular weight excluding hydrogens is 257 g/mol. The van der Waals surface area contributed by atoms with Crippen LogP contribution in [-0.4, -0.2) is 11.0 Å². The first kappa shape index (κ1) is 13.8. The zero-order valence-electron chi connectivity index (χ0n) is 10.7. The lowest BCUT2D eigenvalue weighted by Gasteiger charge is -2.04. The molecule has 2 aromatic carbocycles. The van der Waals surface area contributed by atoms with Gasteiger partial charge in [-0.2, -0.15) is 0 Å². The maximum absolute atomic E-state index is 12.7. The highest BCUT2D eigenvalue weighted by atomic mass is 19.1. The fourth-order valence-electron chi connectivity index (χ4n) is 1.65. The maximum Gasteiger partial charge on any atom is 0.244 e. The molecule has 0 saturated heterocycles. The normalized spacial score (nSPS) is 10.7. The zero-order valence-corrected chi connectivity index (χ0v) is 10.7. The second-order valence-corrected chi connectivity index (χ2v) is 4.23. The van der Waals surface area contributed by atoms with Gasteiger partial charge in [0.15, 0.2) is 0 Å². The van der Waals surface area contributed by atoms with E-state index in [0.717, 1.165) is 5.56 Å². The monoisotopic (exact) mass is 271 g/mol. The minimum absolute atomic E-state index is 0.148. The van der Waals surface area contributed by atoms with Crippen molar-refractivity contribution >= 4 is 12.0 Å². The molecular formula is C16H14FNO2. The molecule has 20 heavy (non-hydrogen) atoms. The van der Waals surface area contributed by atoms with Crippen LogP contribution in [0.25, 0.3) is 6.08 Å². The Labute approximate surface area is 116 Å². The van der Waals surface area contributed by atoms with Gasteiger partial charge in [-0.3, -0.25) is 4.79 Å². The van der Waals surface area contributed by atoms with Crippen LogP contribution in [0.3, 0.4) is 0 Å². The van der Waals surface area contributed by atoms with E-state index < -0.39 is 0 Å². The Balaban J connectivity index is 1.90. The fourth-order valence-corrected chi connectivity index (χ4v) is 1.65. The summed E-state index contributed by atoms with van der Waals surface area (Å²) in [5.74, 6) is -0.445. The first-order valence-electron chi connectivity index (χ1n) is 6.13. The summed E-state index contributed by atoms with van der Waals surface area (Å²) < 4.78 is 12.7. The summed E-state index contributed by atoms with van der Waals surface area (Å²) in [7, 11) is 0. The van der Waals surface area contributed by atoms with Gasteiger partial charge >= 0.3 is 0 Å². The summed E-state index contributed by atoms with van der Waals surface area (Å²) in [6.45, 7) is 0.249. The number of hydrogen-bond acceptors (Lipinski definition) is 2. The number of phenols is 1. The molecule has 0 saturated carbocycles. The third-order valence-corrected chi connectivity index (χ3v) is 2.74. The third kappa shape index (κ3) is 3.95. The van der Waals surface area contributed by atoms with E-state index in [1.165, 1.54) is 18.2 Å². The van der Waals surface area contributed by atoms with Gasteiger partial charge in [0.2, 0.25) is 5.91 Å². The first-order chi connectivity index (χ1) is 9.65. The van der Waals surface area contributed by atoms with Crippen molar-refractivity contribution in [2.45, 2.75) is 6.54 Å². The van der Waals surface area contributed by atoms with Crippen LogP contribution in [0.15, 0.2) is 54.6 Å². The summed E-state index contributed by atoms with van der Waals surface area (Å²) in [4.78, 5) is 11.6. The second-order valence-electron chi connectivity index (χ2n) is 4.23. The van der Waals surface area contributed by atoms with Crippen molar-refractivity contribution in [3.8, 4) is 5.75 Å². The molecule has 0 radical (unpaired) electrons. The van der Waals surface area contributed by atoms with E-state index in [9.17, 15) is 14.3 Å². The van der Waals surface area contributed by atoms with Crippen molar-refractivity contribution < 1.29 is 14.3 Å². The molecule has 0 aliphatic carbocycles. The minimum atomic E-state index is -0.314. The lowest BCUT2D eigenvalue weighted by molar-refractivity contribution is -0.116. The van der Waals surface area contributed by atoms with Gasteiger partial charge in [0.25, 0.3) is 0 Å². The molecule has 4 heteroatoms. The molecule has 0 heterocycles. The van der Waals surface area contributed by atoms with Gasteiger partial charge in [0.05, 0.1) is 0 Å². The number of carbonyl (C=O) groups is 1. The van der Waals surface area contributed by atoms with Crippen LogP contribution in [0.1, 0.15) is 11.1 Å². The molecule has 0 spiro atoms. The average Bonchev–Trinajstić information content (AvgIpc) is 2.46. The highest BCUT2D eigenvalue weighted by Crippen LogP contribution is 2.14. The van der Waals surface area contributed by atoms with Crippen LogP contribution in [-0.2, 0) is 11.3 Å². The van der Waals surface area contributed by atoms with Crippen molar-refractivity contribution in [2.75, 3.05) is 0 Å². The number of nitrogens with one attached hydrogen (secondary N) is 1. The molecule has 2 aromatic rings. The van der Waals surface area contributed by atoms with Crippen molar-refractivity contribution in [1.29, 1.82) is 0 Å². The number of phenolic OH excluding ortho intramolecular Hbond substituents is 1. The Bertz CT molecular complexity index is 621. The van der Waals surface area contributed by atoms with E-state index in [4.69, 9.17) is 0 Å². The van der Waals surface area contributed by atoms with Gasteiger partial charge in [-0.15, -0.1) is 0 Å². The molecule has 0 atom stereocenters. The Morgan fingerprint density at radius 3 is 2.55 bits per heavy atom. The standard InChI is InChI=1S/C16H14FNO2/c17-14-8-5-12(6-9-14)7-10-16(20)18-11-13-3-1-2-4-15(13)19/h1-10,19H,11H2,(H,18,20)/b10-7+. The van der Waals surface area contributed by atoms with Crippen LogP contribution in [0.5, 0.6) is 5.75 Å². The predicted octanol–water partition coefficient (Wildman–Crippen LogP) is 2.86. The number of rotatable bonds is 4.